The second-order valence-corrected chi connectivity index (χ2v) is 9.65. The summed E-state index contributed by atoms with van der Waals surface area (Å²) in [5.41, 5.74) is 3.39. The van der Waals surface area contributed by atoms with Crippen molar-refractivity contribution < 1.29 is 14.6 Å². The molecule has 0 saturated carbocycles. The standard InChI is InChI=1S/C30H39N3O3/c1-35-19-18-33(23-27-10-6-7-15-31-27)29(20-24-8-4-3-5-9-24)25-13-16-32(17-14-25)22-26-21-28(36-2)11-12-30(26)34/h3-12,15,21,25,29,34H,13-14,16-20,22-23H2,1-2H3/t29-/m1/s1. The fourth-order valence-electron chi connectivity index (χ4n) is 5.27. The predicted molar refractivity (Wildman–Crippen MR) is 143 cm³/mol. The number of ether oxygens (including phenoxy) is 2. The van der Waals surface area contributed by atoms with Gasteiger partial charge in [0.25, 0.3) is 0 Å². The third-order valence-corrected chi connectivity index (χ3v) is 7.29. The van der Waals surface area contributed by atoms with E-state index in [9.17, 15) is 5.11 Å². The van der Waals surface area contributed by atoms with Crippen LogP contribution in [0.4, 0.5) is 0 Å². The van der Waals surface area contributed by atoms with Gasteiger partial charge in [0.05, 0.1) is 19.4 Å². The number of nitrogens with zero attached hydrogens (tertiary/aromatic N) is 3. The van der Waals surface area contributed by atoms with Crippen molar-refractivity contribution in [3.63, 3.8) is 0 Å². The topological polar surface area (TPSA) is 58.1 Å². The highest BCUT2D eigenvalue weighted by atomic mass is 16.5. The molecule has 1 N–H and O–H groups in total. The van der Waals surface area contributed by atoms with Gasteiger partial charge in [0.15, 0.2) is 0 Å². The largest absolute Gasteiger partial charge is 0.508 e. The Hall–Kier alpha value is -2.93. The van der Waals surface area contributed by atoms with Crippen molar-refractivity contribution >= 4 is 0 Å². The van der Waals surface area contributed by atoms with E-state index in [4.69, 9.17) is 9.47 Å². The fourth-order valence-corrected chi connectivity index (χ4v) is 5.27. The van der Waals surface area contributed by atoms with Gasteiger partial charge in [0.2, 0.25) is 0 Å². The Morgan fingerprint density at radius 1 is 1.03 bits per heavy atom. The molecule has 2 aromatic carbocycles. The lowest BCUT2D eigenvalue weighted by Crippen LogP contribution is -2.47. The number of aromatic hydroxyl groups is 1. The van der Waals surface area contributed by atoms with Gasteiger partial charge in [-0.2, -0.15) is 0 Å². The molecular formula is C30H39N3O3. The van der Waals surface area contributed by atoms with E-state index in [1.807, 2.05) is 18.3 Å². The number of likely N-dealkylation sites (tertiary alicyclic amines) is 1. The Balaban J connectivity index is 1.48. The van der Waals surface area contributed by atoms with Gasteiger partial charge in [0.1, 0.15) is 11.5 Å². The Bertz CT molecular complexity index is 1040. The first-order valence-corrected chi connectivity index (χ1v) is 12.9. The molecule has 1 aromatic heterocycles. The van der Waals surface area contributed by atoms with Crippen LogP contribution in [0.3, 0.4) is 0 Å². The number of benzene rings is 2. The van der Waals surface area contributed by atoms with Crippen LogP contribution >= 0.6 is 0 Å². The van der Waals surface area contributed by atoms with Crippen molar-refractivity contribution in [2.24, 2.45) is 5.92 Å². The van der Waals surface area contributed by atoms with Gasteiger partial charge >= 0.3 is 0 Å². The smallest absolute Gasteiger partial charge is 0.120 e. The molecule has 6 heteroatoms. The van der Waals surface area contributed by atoms with E-state index in [0.29, 0.717) is 24.3 Å². The Morgan fingerprint density at radius 3 is 2.50 bits per heavy atom. The van der Waals surface area contributed by atoms with Crippen molar-refractivity contribution in [2.75, 3.05) is 40.5 Å². The van der Waals surface area contributed by atoms with Gasteiger partial charge in [-0.15, -0.1) is 0 Å². The molecule has 0 spiro atoms. The predicted octanol–water partition coefficient (Wildman–Crippen LogP) is 4.77. The highest BCUT2D eigenvalue weighted by molar-refractivity contribution is 5.39. The molecular weight excluding hydrogens is 450 g/mol. The minimum atomic E-state index is 0.334. The number of aromatic nitrogens is 1. The molecule has 192 valence electrons. The number of pyridine rings is 1. The van der Waals surface area contributed by atoms with Crippen LogP contribution < -0.4 is 4.74 Å². The van der Waals surface area contributed by atoms with Gasteiger partial charge in [-0.25, -0.2) is 0 Å². The number of hydrogen-bond donors (Lipinski definition) is 1. The lowest BCUT2D eigenvalue weighted by molar-refractivity contribution is 0.0562. The molecule has 6 nitrogen and oxygen atoms in total. The van der Waals surface area contributed by atoms with Crippen LogP contribution in [0, 0.1) is 5.92 Å². The molecule has 0 unspecified atom stereocenters. The summed E-state index contributed by atoms with van der Waals surface area (Å²) >= 11 is 0. The van der Waals surface area contributed by atoms with E-state index in [-0.39, 0.29) is 0 Å². The number of phenolic OH excluding ortho intramolecular Hbond substituents is 1. The summed E-state index contributed by atoms with van der Waals surface area (Å²) in [6.45, 7) is 5.15. The molecule has 1 aliphatic rings. The lowest BCUT2D eigenvalue weighted by Gasteiger charge is -2.41. The first-order chi connectivity index (χ1) is 17.7. The summed E-state index contributed by atoms with van der Waals surface area (Å²) < 4.78 is 10.9. The highest BCUT2D eigenvalue weighted by Crippen LogP contribution is 2.30. The average molecular weight is 490 g/mol. The minimum absolute atomic E-state index is 0.334. The molecule has 1 saturated heterocycles. The summed E-state index contributed by atoms with van der Waals surface area (Å²) in [6.07, 6.45) is 5.13. The average Bonchev–Trinajstić information content (AvgIpc) is 2.93. The summed E-state index contributed by atoms with van der Waals surface area (Å²) in [6, 6.07) is 22.8. The molecule has 2 heterocycles. The Morgan fingerprint density at radius 2 is 1.81 bits per heavy atom. The second-order valence-electron chi connectivity index (χ2n) is 9.65. The minimum Gasteiger partial charge on any atom is -0.508 e. The number of piperidine rings is 1. The van der Waals surface area contributed by atoms with E-state index in [2.05, 4.69) is 57.2 Å². The zero-order chi connectivity index (χ0) is 25.2. The maximum atomic E-state index is 10.4. The summed E-state index contributed by atoms with van der Waals surface area (Å²) in [7, 11) is 3.44. The van der Waals surface area contributed by atoms with Crippen molar-refractivity contribution in [1.82, 2.24) is 14.8 Å². The molecule has 1 fully saturated rings. The zero-order valence-corrected chi connectivity index (χ0v) is 21.6. The van der Waals surface area contributed by atoms with Crippen molar-refractivity contribution in [3.05, 3.63) is 89.7 Å². The van der Waals surface area contributed by atoms with Crippen LogP contribution in [-0.4, -0.2) is 66.4 Å². The van der Waals surface area contributed by atoms with Gasteiger partial charge < -0.3 is 14.6 Å². The monoisotopic (exact) mass is 489 g/mol. The summed E-state index contributed by atoms with van der Waals surface area (Å²) in [5, 5.41) is 10.4. The van der Waals surface area contributed by atoms with Crippen LogP contribution in [0.15, 0.2) is 72.9 Å². The second kappa shape index (κ2) is 13.4. The molecule has 0 radical (unpaired) electrons. The van der Waals surface area contributed by atoms with Crippen LogP contribution in [0.5, 0.6) is 11.5 Å². The quantitative estimate of drug-likeness (QED) is 0.396. The van der Waals surface area contributed by atoms with E-state index >= 15 is 0 Å². The van der Waals surface area contributed by atoms with Crippen LogP contribution in [0.25, 0.3) is 0 Å². The number of methoxy groups -OCH3 is 2. The van der Waals surface area contributed by atoms with Gasteiger partial charge in [0, 0.05) is 44.5 Å². The first-order valence-electron chi connectivity index (χ1n) is 12.9. The molecule has 36 heavy (non-hydrogen) atoms. The van der Waals surface area contributed by atoms with Crippen LogP contribution in [0.2, 0.25) is 0 Å². The first kappa shape index (κ1) is 26.1. The van der Waals surface area contributed by atoms with E-state index in [1.165, 1.54) is 5.56 Å². The van der Waals surface area contributed by atoms with Crippen LogP contribution in [0.1, 0.15) is 29.7 Å². The van der Waals surface area contributed by atoms with E-state index < -0.39 is 0 Å². The maximum Gasteiger partial charge on any atom is 0.120 e. The molecule has 0 aliphatic carbocycles. The summed E-state index contributed by atoms with van der Waals surface area (Å²) in [4.78, 5) is 9.64. The Labute approximate surface area is 215 Å². The zero-order valence-electron chi connectivity index (χ0n) is 21.6. The van der Waals surface area contributed by atoms with Gasteiger partial charge in [-0.3, -0.25) is 14.8 Å². The van der Waals surface area contributed by atoms with Crippen LogP contribution in [-0.2, 0) is 24.2 Å². The number of phenols is 1. The third-order valence-electron chi connectivity index (χ3n) is 7.29. The van der Waals surface area contributed by atoms with Gasteiger partial charge in [-0.05, 0) is 74.2 Å². The number of rotatable bonds is 12. The number of hydrogen-bond acceptors (Lipinski definition) is 6. The van der Waals surface area contributed by atoms with E-state index in [0.717, 1.165) is 69.0 Å². The normalized spacial score (nSPS) is 15.8. The van der Waals surface area contributed by atoms with Gasteiger partial charge in [-0.1, -0.05) is 36.4 Å². The van der Waals surface area contributed by atoms with Crippen molar-refractivity contribution in [3.8, 4) is 11.5 Å². The molecule has 3 aromatic rings. The molecule has 1 atom stereocenters. The third kappa shape index (κ3) is 7.29. The molecule has 4 rings (SSSR count). The molecule has 1 aliphatic heterocycles. The summed E-state index contributed by atoms with van der Waals surface area (Å²) in [5.74, 6) is 1.69. The van der Waals surface area contributed by atoms with E-state index in [1.54, 1.807) is 26.4 Å². The Kier molecular flexibility index (Phi) is 9.73. The molecule has 0 bridgehead atoms. The van der Waals surface area contributed by atoms with Crippen molar-refractivity contribution in [1.29, 1.82) is 0 Å². The maximum absolute atomic E-state index is 10.4. The SMILES string of the molecule is COCCN(Cc1ccccn1)[C@H](Cc1ccccc1)C1CCN(Cc2cc(OC)ccc2O)CC1. The van der Waals surface area contributed by atoms with Crippen molar-refractivity contribution in [2.45, 2.75) is 38.4 Å². The highest BCUT2D eigenvalue weighted by Gasteiger charge is 2.31. The fraction of sp³-hybridized carbons (Fsp3) is 0.433. The lowest BCUT2D eigenvalue weighted by atomic mass is 9.84. The molecule has 0 amide bonds.